The van der Waals surface area contributed by atoms with Crippen LogP contribution in [0.5, 0.6) is 0 Å². The topological polar surface area (TPSA) is 68.0 Å². The van der Waals surface area contributed by atoms with Gasteiger partial charge in [-0.2, -0.15) is 5.26 Å². The number of benzene rings is 3. The summed E-state index contributed by atoms with van der Waals surface area (Å²) in [6.07, 6.45) is 3.58. The van der Waals surface area contributed by atoms with Crippen LogP contribution in [0.4, 0.5) is 5.69 Å². The van der Waals surface area contributed by atoms with Gasteiger partial charge in [0.15, 0.2) is 0 Å². The minimum absolute atomic E-state index is 0.00178. The van der Waals surface area contributed by atoms with Gasteiger partial charge in [0.2, 0.25) is 5.91 Å². The van der Waals surface area contributed by atoms with Gasteiger partial charge in [-0.15, -0.1) is 6.58 Å². The highest BCUT2D eigenvalue weighted by Gasteiger charge is 2.61. The zero-order valence-electron chi connectivity index (χ0n) is 18.3. The zero-order chi connectivity index (χ0) is 23.9. The number of para-hydroxylation sites is 1. The van der Waals surface area contributed by atoms with E-state index in [2.05, 4.69) is 12.6 Å². The number of fused-ring (bicyclic) bond motifs is 2. The molecule has 1 spiro atoms. The number of rotatable bonds is 4. The predicted molar refractivity (Wildman–Crippen MR) is 137 cm³/mol. The Balaban J connectivity index is 1.87. The number of nitrogens with one attached hydrogen (secondary N) is 1. The minimum Gasteiger partial charge on any atom is -0.307 e. The van der Waals surface area contributed by atoms with E-state index in [0.717, 1.165) is 16.8 Å². The average molecular weight is 462 g/mol. The first-order valence-electron chi connectivity index (χ1n) is 10.8. The standard InChI is InChI=1S/C29H20ClN3O/c1-2-16-33-25-11-7-6-10-23(25)29(28(33)34)24(17-19-12-14-21(30)15-13-19)26(22(18-31)27(29)32)20-8-4-3-5-9-20/h2-15,17,32H,1,16H2/b24-17+,32-27?. The van der Waals surface area contributed by atoms with Crippen molar-refractivity contribution < 1.29 is 4.79 Å². The van der Waals surface area contributed by atoms with E-state index in [4.69, 9.17) is 11.6 Å². The van der Waals surface area contributed by atoms with Crippen LogP contribution in [0.3, 0.4) is 0 Å². The molecule has 0 saturated heterocycles. The van der Waals surface area contributed by atoms with Crippen LogP contribution in [0.1, 0.15) is 16.7 Å². The summed E-state index contributed by atoms with van der Waals surface area (Å²) in [7, 11) is 0. The van der Waals surface area contributed by atoms with E-state index < -0.39 is 5.41 Å². The number of nitriles is 1. The van der Waals surface area contributed by atoms with Crippen LogP contribution in [-0.4, -0.2) is 18.2 Å². The van der Waals surface area contributed by atoms with E-state index in [1.54, 1.807) is 23.1 Å². The molecule has 2 aliphatic rings. The molecule has 1 amide bonds. The summed E-state index contributed by atoms with van der Waals surface area (Å²) in [6, 6.07) is 26.5. The van der Waals surface area contributed by atoms with E-state index in [9.17, 15) is 15.5 Å². The quantitative estimate of drug-likeness (QED) is 0.469. The fourth-order valence-corrected chi connectivity index (χ4v) is 5.08. The smallest absolute Gasteiger partial charge is 0.248 e. The summed E-state index contributed by atoms with van der Waals surface area (Å²) in [5.41, 5.74) is 3.04. The van der Waals surface area contributed by atoms with Gasteiger partial charge in [-0.3, -0.25) is 4.79 Å². The number of hydrogen-bond donors (Lipinski definition) is 1. The first-order valence-corrected chi connectivity index (χ1v) is 11.2. The fourth-order valence-electron chi connectivity index (χ4n) is 4.96. The van der Waals surface area contributed by atoms with Crippen LogP contribution in [0, 0.1) is 16.7 Å². The van der Waals surface area contributed by atoms with Gasteiger partial charge in [-0.1, -0.05) is 78.3 Å². The molecule has 3 aromatic rings. The first kappa shape index (κ1) is 21.6. The lowest BCUT2D eigenvalue weighted by molar-refractivity contribution is -0.119. The van der Waals surface area contributed by atoms with E-state index in [-0.39, 0.29) is 17.2 Å². The highest BCUT2D eigenvalue weighted by atomic mass is 35.5. The largest absolute Gasteiger partial charge is 0.307 e. The van der Waals surface area contributed by atoms with Gasteiger partial charge in [-0.25, -0.2) is 0 Å². The van der Waals surface area contributed by atoms with Crippen molar-refractivity contribution in [2.75, 3.05) is 11.4 Å². The molecule has 1 heterocycles. The molecule has 1 aliphatic heterocycles. The highest BCUT2D eigenvalue weighted by Crippen LogP contribution is 2.57. The molecule has 1 unspecified atom stereocenters. The number of carbonyl (C=O) groups excluding carboxylic acids is 1. The van der Waals surface area contributed by atoms with Crippen LogP contribution >= 0.6 is 11.6 Å². The Kier molecular flexibility index (Phi) is 5.28. The van der Waals surface area contributed by atoms with Gasteiger partial charge >= 0.3 is 0 Å². The molecule has 1 atom stereocenters. The molecule has 0 aromatic heterocycles. The van der Waals surface area contributed by atoms with Gasteiger partial charge in [0.25, 0.3) is 0 Å². The maximum atomic E-state index is 14.2. The van der Waals surface area contributed by atoms with Crippen molar-refractivity contribution >= 4 is 40.6 Å². The summed E-state index contributed by atoms with van der Waals surface area (Å²) in [6.45, 7) is 4.12. The lowest BCUT2D eigenvalue weighted by atomic mass is 9.72. The molecule has 5 heteroatoms. The third kappa shape index (κ3) is 2.98. The lowest BCUT2D eigenvalue weighted by Gasteiger charge is -2.27. The Morgan fingerprint density at radius 1 is 1.03 bits per heavy atom. The molecular formula is C29H20ClN3O. The van der Waals surface area contributed by atoms with Crippen molar-refractivity contribution in [3.63, 3.8) is 0 Å². The van der Waals surface area contributed by atoms with Crippen molar-refractivity contribution in [3.05, 3.63) is 124 Å². The second-order valence-corrected chi connectivity index (χ2v) is 8.62. The molecule has 34 heavy (non-hydrogen) atoms. The van der Waals surface area contributed by atoms with E-state index in [1.165, 1.54) is 0 Å². The average Bonchev–Trinajstić information content (AvgIpc) is 3.26. The summed E-state index contributed by atoms with van der Waals surface area (Å²) in [5, 5.41) is 20.0. The van der Waals surface area contributed by atoms with Gasteiger partial charge in [-0.05, 0) is 41.0 Å². The lowest BCUT2D eigenvalue weighted by Crippen LogP contribution is -2.45. The summed E-state index contributed by atoms with van der Waals surface area (Å²) >= 11 is 6.11. The number of halogens is 1. The van der Waals surface area contributed by atoms with Gasteiger partial charge < -0.3 is 10.3 Å². The van der Waals surface area contributed by atoms with Crippen LogP contribution in [0.2, 0.25) is 5.02 Å². The van der Waals surface area contributed by atoms with Crippen molar-refractivity contribution in [1.29, 1.82) is 10.7 Å². The van der Waals surface area contributed by atoms with Gasteiger partial charge in [0.05, 0.1) is 11.3 Å². The number of hydrogen-bond acceptors (Lipinski definition) is 3. The molecule has 3 aromatic carbocycles. The number of allylic oxidation sites excluding steroid dienone is 2. The van der Waals surface area contributed by atoms with E-state index >= 15 is 0 Å². The number of amides is 1. The van der Waals surface area contributed by atoms with Crippen LogP contribution in [0.25, 0.3) is 11.6 Å². The maximum absolute atomic E-state index is 14.2. The minimum atomic E-state index is -1.42. The Labute approximate surface area is 203 Å². The zero-order valence-corrected chi connectivity index (χ0v) is 19.0. The SMILES string of the molecule is C=CCN1C(=O)C2(C(=N)C(C#N)=C(c3ccccc3)/C2=C\c2ccc(Cl)cc2)c2ccccc21. The number of nitrogens with zero attached hydrogens (tertiary/aromatic N) is 2. The predicted octanol–water partition coefficient (Wildman–Crippen LogP) is 6.20. The molecule has 4 nitrogen and oxygen atoms in total. The molecule has 1 aliphatic carbocycles. The normalized spacial score (nSPS) is 20.2. The van der Waals surface area contributed by atoms with Gasteiger partial charge in [0, 0.05) is 28.4 Å². The Hall–Kier alpha value is -4.20. The molecule has 0 radical (unpaired) electrons. The monoisotopic (exact) mass is 461 g/mol. The number of anilines is 1. The van der Waals surface area contributed by atoms with Crippen LogP contribution in [0.15, 0.2) is 103 Å². The second kappa shape index (κ2) is 8.30. The highest BCUT2D eigenvalue weighted by molar-refractivity contribution is 6.39. The molecule has 0 bridgehead atoms. The van der Waals surface area contributed by atoms with Crippen molar-refractivity contribution in [2.45, 2.75) is 5.41 Å². The third-order valence-corrected chi connectivity index (χ3v) is 6.63. The van der Waals surface area contributed by atoms with Crippen molar-refractivity contribution in [1.82, 2.24) is 0 Å². The second-order valence-electron chi connectivity index (χ2n) is 8.18. The molecule has 5 rings (SSSR count). The molecule has 0 saturated carbocycles. The summed E-state index contributed by atoms with van der Waals surface area (Å²) < 4.78 is 0. The van der Waals surface area contributed by atoms with E-state index in [0.29, 0.717) is 28.3 Å². The molecular weight excluding hydrogens is 442 g/mol. The number of carbonyl (C=O) groups is 1. The Morgan fingerprint density at radius 3 is 2.38 bits per heavy atom. The first-order chi connectivity index (χ1) is 16.5. The Morgan fingerprint density at radius 2 is 1.71 bits per heavy atom. The maximum Gasteiger partial charge on any atom is 0.248 e. The summed E-state index contributed by atoms with van der Waals surface area (Å²) in [4.78, 5) is 15.9. The summed E-state index contributed by atoms with van der Waals surface area (Å²) in [5.74, 6) is -0.252. The van der Waals surface area contributed by atoms with E-state index in [1.807, 2.05) is 72.8 Å². The molecule has 0 fully saturated rings. The van der Waals surface area contributed by atoms with Crippen LogP contribution in [-0.2, 0) is 10.2 Å². The van der Waals surface area contributed by atoms with Crippen molar-refractivity contribution in [3.8, 4) is 6.07 Å². The fraction of sp³-hybridized carbons (Fsp3) is 0.0690. The molecule has 1 N–H and O–H groups in total. The van der Waals surface area contributed by atoms with Crippen molar-refractivity contribution in [2.24, 2.45) is 0 Å². The molecule has 164 valence electrons. The van der Waals surface area contributed by atoms with Gasteiger partial charge in [0.1, 0.15) is 11.5 Å². The van der Waals surface area contributed by atoms with Crippen LogP contribution < -0.4 is 4.90 Å². The third-order valence-electron chi connectivity index (χ3n) is 6.38. The Bertz CT molecular complexity index is 1440.